The van der Waals surface area contributed by atoms with Crippen LogP contribution in [0.25, 0.3) is 88.5 Å². The van der Waals surface area contributed by atoms with E-state index in [9.17, 15) is 0 Å². The van der Waals surface area contributed by atoms with Crippen LogP contribution in [0.5, 0.6) is 0 Å². The van der Waals surface area contributed by atoms with E-state index in [1.54, 1.807) is 0 Å². The molecule has 200 valence electrons. The molecule has 0 unspecified atom stereocenters. The molecule has 5 heteroatoms. The van der Waals surface area contributed by atoms with Crippen LogP contribution in [-0.2, 0) is 0 Å². The monoisotopic (exact) mass is 550 g/mol. The SMILES string of the molecule is c1ccc2cc(-c3nc(-c4ccc5ccccc5c4)nc(-c4cccc5oc6cc7cccnc7cc6c45)n3)ccc2c1. The quantitative estimate of drug-likeness (QED) is 0.219. The van der Waals surface area contributed by atoms with Crippen molar-refractivity contribution in [3.05, 3.63) is 134 Å². The fourth-order valence-corrected chi connectivity index (χ4v) is 5.99. The van der Waals surface area contributed by atoms with Gasteiger partial charge in [-0.3, -0.25) is 4.98 Å². The highest BCUT2D eigenvalue weighted by atomic mass is 16.3. The van der Waals surface area contributed by atoms with E-state index in [1.165, 1.54) is 10.8 Å². The average molecular weight is 551 g/mol. The lowest BCUT2D eigenvalue weighted by Gasteiger charge is -2.10. The van der Waals surface area contributed by atoms with E-state index in [0.717, 1.165) is 60.3 Å². The lowest BCUT2D eigenvalue weighted by atomic mass is 10.0. The van der Waals surface area contributed by atoms with Gasteiger partial charge >= 0.3 is 0 Å². The number of hydrogen-bond acceptors (Lipinski definition) is 5. The Bertz CT molecular complexity index is 2430. The second-order valence-corrected chi connectivity index (χ2v) is 10.8. The van der Waals surface area contributed by atoms with Gasteiger partial charge in [0.2, 0.25) is 0 Å². The molecule has 0 radical (unpaired) electrons. The van der Waals surface area contributed by atoms with E-state index >= 15 is 0 Å². The third kappa shape index (κ3) is 3.94. The molecule has 0 fully saturated rings. The second kappa shape index (κ2) is 9.29. The number of benzene rings is 6. The molecule has 43 heavy (non-hydrogen) atoms. The Balaban J connectivity index is 1.32. The van der Waals surface area contributed by atoms with Crippen molar-refractivity contribution in [2.45, 2.75) is 0 Å². The van der Waals surface area contributed by atoms with Crippen LogP contribution in [0.2, 0.25) is 0 Å². The van der Waals surface area contributed by atoms with Gasteiger partial charge in [0.25, 0.3) is 0 Å². The Morgan fingerprint density at radius 2 is 1.07 bits per heavy atom. The third-order valence-electron chi connectivity index (χ3n) is 8.11. The molecule has 0 saturated carbocycles. The van der Waals surface area contributed by atoms with Crippen molar-refractivity contribution < 1.29 is 4.42 Å². The summed E-state index contributed by atoms with van der Waals surface area (Å²) in [6, 6.07) is 43.5. The standard InChI is InChI=1S/C38H22N4O/c1-3-9-25-19-28(16-14-23(25)7-1)36-40-37(29-17-15-24-8-2-4-10-26(24)20-29)42-38(41-36)30-12-5-13-33-35(30)31-22-32-27(11-6-18-39-32)21-34(31)43-33/h1-22H. The maximum Gasteiger partial charge on any atom is 0.164 e. The van der Waals surface area contributed by atoms with Gasteiger partial charge in [0.1, 0.15) is 11.2 Å². The minimum atomic E-state index is 0.593. The maximum atomic E-state index is 6.35. The van der Waals surface area contributed by atoms with Crippen molar-refractivity contribution in [1.82, 2.24) is 19.9 Å². The molecule has 0 aliphatic rings. The number of pyridine rings is 1. The molecule has 0 atom stereocenters. The molecule has 0 spiro atoms. The Hall–Kier alpha value is -5.94. The first-order valence-corrected chi connectivity index (χ1v) is 14.2. The van der Waals surface area contributed by atoms with Crippen LogP contribution in [0.3, 0.4) is 0 Å². The van der Waals surface area contributed by atoms with Crippen LogP contribution in [0.15, 0.2) is 138 Å². The minimum Gasteiger partial charge on any atom is -0.456 e. The Morgan fingerprint density at radius 3 is 1.77 bits per heavy atom. The zero-order chi connectivity index (χ0) is 28.3. The van der Waals surface area contributed by atoms with Crippen LogP contribution >= 0.6 is 0 Å². The van der Waals surface area contributed by atoms with Crippen molar-refractivity contribution in [3.63, 3.8) is 0 Å². The second-order valence-electron chi connectivity index (χ2n) is 10.8. The van der Waals surface area contributed by atoms with Crippen molar-refractivity contribution in [2.24, 2.45) is 0 Å². The molecular formula is C38H22N4O. The smallest absolute Gasteiger partial charge is 0.164 e. The molecule has 3 aromatic heterocycles. The van der Waals surface area contributed by atoms with Crippen LogP contribution in [-0.4, -0.2) is 19.9 Å². The molecule has 0 N–H and O–H groups in total. The molecule has 0 saturated heterocycles. The van der Waals surface area contributed by atoms with Crippen molar-refractivity contribution in [2.75, 3.05) is 0 Å². The summed E-state index contributed by atoms with van der Waals surface area (Å²) in [5.41, 5.74) is 5.26. The van der Waals surface area contributed by atoms with Crippen molar-refractivity contribution in [3.8, 4) is 34.2 Å². The molecule has 6 aromatic carbocycles. The number of furan rings is 1. The molecule has 0 aliphatic carbocycles. The predicted molar refractivity (Wildman–Crippen MR) is 174 cm³/mol. The molecule has 9 aromatic rings. The summed E-state index contributed by atoms with van der Waals surface area (Å²) in [4.78, 5) is 19.8. The molecular weight excluding hydrogens is 528 g/mol. The fourth-order valence-electron chi connectivity index (χ4n) is 5.99. The first-order chi connectivity index (χ1) is 21.3. The minimum absolute atomic E-state index is 0.593. The van der Waals surface area contributed by atoms with Gasteiger partial charge in [0.15, 0.2) is 17.5 Å². The molecule has 0 bridgehead atoms. The first kappa shape index (κ1) is 23.7. The van der Waals surface area contributed by atoms with Crippen molar-refractivity contribution in [1.29, 1.82) is 0 Å². The topological polar surface area (TPSA) is 64.7 Å². The zero-order valence-corrected chi connectivity index (χ0v) is 22.9. The summed E-state index contributed by atoms with van der Waals surface area (Å²) >= 11 is 0. The van der Waals surface area contributed by atoms with E-state index in [0.29, 0.717) is 17.5 Å². The molecule has 0 aliphatic heterocycles. The van der Waals surface area contributed by atoms with E-state index in [4.69, 9.17) is 19.4 Å². The number of aromatic nitrogens is 4. The highest BCUT2D eigenvalue weighted by Crippen LogP contribution is 2.38. The molecule has 3 heterocycles. The number of fused-ring (bicyclic) bond motifs is 6. The van der Waals surface area contributed by atoms with E-state index in [1.807, 2.05) is 30.5 Å². The Kier molecular flexibility index (Phi) is 5.13. The summed E-state index contributed by atoms with van der Waals surface area (Å²) in [6.07, 6.45) is 1.81. The van der Waals surface area contributed by atoms with E-state index in [-0.39, 0.29) is 0 Å². The van der Waals surface area contributed by atoms with Crippen LogP contribution in [0, 0.1) is 0 Å². The molecule has 5 nitrogen and oxygen atoms in total. The average Bonchev–Trinajstić information content (AvgIpc) is 3.44. The zero-order valence-electron chi connectivity index (χ0n) is 22.9. The molecule has 0 amide bonds. The van der Waals surface area contributed by atoms with Crippen LogP contribution in [0.4, 0.5) is 0 Å². The molecule has 9 rings (SSSR count). The lowest BCUT2D eigenvalue weighted by molar-refractivity contribution is 0.669. The maximum absolute atomic E-state index is 6.35. The van der Waals surface area contributed by atoms with Crippen molar-refractivity contribution >= 4 is 54.4 Å². The van der Waals surface area contributed by atoms with Gasteiger partial charge in [-0.1, -0.05) is 91.0 Å². The van der Waals surface area contributed by atoms with E-state index in [2.05, 4.69) is 108 Å². The Labute approximate surface area is 246 Å². The van der Waals surface area contributed by atoms with Crippen LogP contribution in [0.1, 0.15) is 0 Å². The summed E-state index contributed by atoms with van der Waals surface area (Å²) in [6.45, 7) is 0. The van der Waals surface area contributed by atoms with Crippen LogP contribution < -0.4 is 0 Å². The van der Waals surface area contributed by atoms with E-state index < -0.39 is 0 Å². The van der Waals surface area contributed by atoms with Gasteiger partial charge in [-0.15, -0.1) is 0 Å². The first-order valence-electron chi connectivity index (χ1n) is 14.2. The van der Waals surface area contributed by atoms with Gasteiger partial charge in [0.05, 0.1) is 5.52 Å². The highest BCUT2D eigenvalue weighted by molar-refractivity contribution is 6.14. The fraction of sp³-hybridized carbons (Fsp3) is 0. The number of rotatable bonds is 3. The largest absolute Gasteiger partial charge is 0.456 e. The summed E-state index contributed by atoms with van der Waals surface area (Å²) in [5, 5.41) is 7.60. The Morgan fingerprint density at radius 1 is 0.442 bits per heavy atom. The lowest BCUT2D eigenvalue weighted by Crippen LogP contribution is -2.00. The summed E-state index contributed by atoms with van der Waals surface area (Å²) in [7, 11) is 0. The van der Waals surface area contributed by atoms with Gasteiger partial charge in [-0.05, 0) is 57.9 Å². The predicted octanol–water partition coefficient (Wildman–Crippen LogP) is 9.63. The normalized spacial score (nSPS) is 11.7. The number of nitrogens with zero attached hydrogens (tertiary/aromatic N) is 4. The summed E-state index contributed by atoms with van der Waals surface area (Å²) in [5.74, 6) is 1.84. The highest BCUT2D eigenvalue weighted by Gasteiger charge is 2.18. The van der Waals surface area contributed by atoms with Gasteiger partial charge < -0.3 is 4.42 Å². The van der Waals surface area contributed by atoms with Gasteiger partial charge in [-0.2, -0.15) is 0 Å². The number of hydrogen-bond donors (Lipinski definition) is 0. The third-order valence-corrected chi connectivity index (χ3v) is 8.11. The van der Waals surface area contributed by atoms with Gasteiger partial charge in [-0.25, -0.2) is 15.0 Å². The summed E-state index contributed by atoms with van der Waals surface area (Å²) < 4.78 is 6.35. The van der Waals surface area contributed by atoms with Gasteiger partial charge in [0, 0.05) is 39.0 Å².